The van der Waals surface area contributed by atoms with E-state index in [1.807, 2.05) is 0 Å². The first kappa shape index (κ1) is 20.0. The maximum atomic E-state index is 2.47. The van der Waals surface area contributed by atoms with Crippen molar-refractivity contribution >= 4 is 0 Å². The molecule has 0 N–H and O–H groups in total. The highest BCUT2D eigenvalue weighted by molar-refractivity contribution is 4.58. The van der Waals surface area contributed by atoms with Gasteiger partial charge in [-0.3, -0.25) is 0 Å². The maximum Gasteiger partial charge on any atom is -0.0443 e. The molecule has 2 atom stereocenters. The Bertz CT molecular complexity index is 173. The fourth-order valence-corrected chi connectivity index (χ4v) is 3.11. The van der Waals surface area contributed by atoms with E-state index in [1.165, 1.54) is 89.9 Å². The van der Waals surface area contributed by atoms with Gasteiger partial charge in [-0.25, -0.2) is 0 Å². The molecule has 0 aliphatic carbocycles. The Morgan fingerprint density at radius 2 is 0.850 bits per heavy atom. The molecule has 0 saturated heterocycles. The summed E-state index contributed by atoms with van der Waals surface area (Å²) < 4.78 is 0. The van der Waals surface area contributed by atoms with Gasteiger partial charge in [0, 0.05) is 0 Å². The van der Waals surface area contributed by atoms with Crippen molar-refractivity contribution in [2.45, 2.75) is 118 Å². The average Bonchev–Trinajstić information content (AvgIpc) is 2.44. The van der Waals surface area contributed by atoms with Gasteiger partial charge in [0.15, 0.2) is 0 Å². The van der Waals surface area contributed by atoms with Crippen LogP contribution in [0.15, 0.2) is 0 Å². The Kier molecular flexibility index (Phi) is 15.4. The van der Waals surface area contributed by atoms with E-state index in [2.05, 4.69) is 27.7 Å². The minimum absolute atomic E-state index is 0.959. The minimum Gasteiger partial charge on any atom is -0.0654 e. The van der Waals surface area contributed by atoms with Crippen LogP contribution < -0.4 is 0 Å². The summed E-state index contributed by atoms with van der Waals surface area (Å²) in [7, 11) is 0. The maximum absolute atomic E-state index is 2.47. The second-order valence-corrected chi connectivity index (χ2v) is 7.19. The lowest BCUT2D eigenvalue weighted by Crippen LogP contribution is -1.99. The topological polar surface area (TPSA) is 0 Å². The Morgan fingerprint density at radius 3 is 1.40 bits per heavy atom. The van der Waals surface area contributed by atoms with E-state index in [4.69, 9.17) is 0 Å². The Labute approximate surface area is 130 Å². The van der Waals surface area contributed by atoms with Crippen LogP contribution >= 0.6 is 0 Å². The zero-order valence-corrected chi connectivity index (χ0v) is 15.1. The van der Waals surface area contributed by atoms with Gasteiger partial charge in [0.1, 0.15) is 0 Å². The lowest BCUT2D eigenvalue weighted by Gasteiger charge is -2.14. The van der Waals surface area contributed by atoms with Crippen LogP contribution in [-0.4, -0.2) is 0 Å². The number of hydrogen-bond acceptors (Lipinski definition) is 0. The van der Waals surface area contributed by atoms with E-state index >= 15 is 0 Å². The molecule has 0 aromatic carbocycles. The van der Waals surface area contributed by atoms with Crippen molar-refractivity contribution in [1.29, 1.82) is 0 Å². The Balaban J connectivity index is 3.26. The Morgan fingerprint density at radius 1 is 0.450 bits per heavy atom. The third-order valence-electron chi connectivity index (χ3n) is 4.74. The summed E-state index contributed by atoms with van der Waals surface area (Å²) in [6, 6.07) is 0. The summed E-state index contributed by atoms with van der Waals surface area (Å²) in [5, 5.41) is 0. The summed E-state index contributed by atoms with van der Waals surface area (Å²) in [5.74, 6) is 1.92. The van der Waals surface area contributed by atoms with Gasteiger partial charge in [-0.05, 0) is 11.8 Å². The van der Waals surface area contributed by atoms with Gasteiger partial charge in [-0.1, -0.05) is 118 Å². The largest absolute Gasteiger partial charge is 0.0654 e. The summed E-state index contributed by atoms with van der Waals surface area (Å²) >= 11 is 0. The number of unbranched alkanes of at least 4 members (excludes halogenated alkanes) is 7. The minimum atomic E-state index is 0.959. The Hall–Kier alpha value is 0. The zero-order chi connectivity index (χ0) is 15.1. The highest BCUT2D eigenvalue weighted by Gasteiger charge is 2.05. The van der Waals surface area contributed by atoms with Crippen molar-refractivity contribution in [2.24, 2.45) is 11.8 Å². The molecule has 0 amide bonds. The fraction of sp³-hybridized carbons (Fsp3) is 1.00. The predicted octanol–water partition coefficient (Wildman–Crippen LogP) is 7.76. The monoisotopic (exact) mass is 282 g/mol. The average molecular weight is 283 g/mol. The molecule has 0 nitrogen and oxygen atoms in total. The smallest absolute Gasteiger partial charge is 0.0443 e. The van der Waals surface area contributed by atoms with E-state index < -0.39 is 0 Å². The molecular weight excluding hydrogens is 240 g/mol. The standard InChI is InChI=1S/C20H42/c1-5-7-9-10-11-12-13-16-20(4)18-14-17-19(3)15-8-6-2/h19-20H,5-18H2,1-4H3/t19-,20+/m1/s1. The molecule has 0 radical (unpaired) electrons. The van der Waals surface area contributed by atoms with Gasteiger partial charge in [0.05, 0.1) is 0 Å². The molecule has 0 fully saturated rings. The van der Waals surface area contributed by atoms with Crippen molar-refractivity contribution in [3.05, 3.63) is 0 Å². The van der Waals surface area contributed by atoms with Crippen LogP contribution in [0.25, 0.3) is 0 Å². The lowest BCUT2D eigenvalue weighted by molar-refractivity contribution is 0.394. The van der Waals surface area contributed by atoms with E-state index in [-0.39, 0.29) is 0 Å². The van der Waals surface area contributed by atoms with Crippen LogP contribution in [0.5, 0.6) is 0 Å². The molecule has 20 heavy (non-hydrogen) atoms. The quantitative estimate of drug-likeness (QED) is 0.269. The molecule has 122 valence electrons. The molecule has 0 aliphatic rings. The summed E-state index contributed by atoms with van der Waals surface area (Å²) in [6.07, 6.45) is 20.2. The molecule has 0 saturated carbocycles. The van der Waals surface area contributed by atoms with Crippen LogP contribution in [0.2, 0.25) is 0 Å². The first-order chi connectivity index (χ1) is 9.70. The van der Waals surface area contributed by atoms with Crippen molar-refractivity contribution in [2.75, 3.05) is 0 Å². The molecular formula is C20H42. The van der Waals surface area contributed by atoms with Crippen molar-refractivity contribution < 1.29 is 0 Å². The second kappa shape index (κ2) is 15.4. The van der Waals surface area contributed by atoms with Gasteiger partial charge in [-0.2, -0.15) is 0 Å². The van der Waals surface area contributed by atoms with Gasteiger partial charge in [0.2, 0.25) is 0 Å². The van der Waals surface area contributed by atoms with Crippen LogP contribution in [0.4, 0.5) is 0 Å². The number of rotatable bonds is 15. The SMILES string of the molecule is CCCCCCCCC[C@H](C)CCC[C@H](C)CCCC. The van der Waals surface area contributed by atoms with E-state index in [9.17, 15) is 0 Å². The van der Waals surface area contributed by atoms with Gasteiger partial charge < -0.3 is 0 Å². The van der Waals surface area contributed by atoms with Crippen molar-refractivity contribution in [1.82, 2.24) is 0 Å². The van der Waals surface area contributed by atoms with Gasteiger partial charge in [-0.15, -0.1) is 0 Å². The van der Waals surface area contributed by atoms with Crippen LogP contribution in [0.1, 0.15) is 118 Å². The molecule has 0 heterocycles. The normalized spacial score (nSPS) is 14.4. The molecule has 0 heteroatoms. The molecule has 0 aromatic heterocycles. The van der Waals surface area contributed by atoms with Crippen LogP contribution in [0, 0.1) is 11.8 Å². The van der Waals surface area contributed by atoms with E-state index in [1.54, 1.807) is 0 Å². The summed E-state index contributed by atoms with van der Waals surface area (Å²) in [5.41, 5.74) is 0. The molecule has 0 unspecified atom stereocenters. The third-order valence-corrected chi connectivity index (χ3v) is 4.74. The first-order valence-electron chi connectivity index (χ1n) is 9.70. The lowest BCUT2D eigenvalue weighted by atomic mass is 9.92. The third kappa shape index (κ3) is 14.4. The molecule has 0 aliphatic heterocycles. The first-order valence-corrected chi connectivity index (χ1v) is 9.70. The van der Waals surface area contributed by atoms with Gasteiger partial charge in [0.25, 0.3) is 0 Å². The highest BCUT2D eigenvalue weighted by Crippen LogP contribution is 2.21. The highest BCUT2D eigenvalue weighted by atomic mass is 14.1. The second-order valence-electron chi connectivity index (χ2n) is 7.19. The van der Waals surface area contributed by atoms with Gasteiger partial charge >= 0.3 is 0 Å². The van der Waals surface area contributed by atoms with Crippen molar-refractivity contribution in [3.8, 4) is 0 Å². The van der Waals surface area contributed by atoms with E-state index in [0.717, 1.165) is 11.8 Å². The number of hydrogen-bond donors (Lipinski definition) is 0. The summed E-state index contributed by atoms with van der Waals surface area (Å²) in [4.78, 5) is 0. The van der Waals surface area contributed by atoms with Crippen LogP contribution in [0.3, 0.4) is 0 Å². The summed E-state index contributed by atoms with van der Waals surface area (Å²) in [6.45, 7) is 9.51. The predicted molar refractivity (Wildman–Crippen MR) is 94.3 cm³/mol. The van der Waals surface area contributed by atoms with E-state index in [0.29, 0.717) is 0 Å². The molecule has 0 spiro atoms. The fourth-order valence-electron chi connectivity index (χ4n) is 3.11. The van der Waals surface area contributed by atoms with Crippen LogP contribution in [-0.2, 0) is 0 Å². The molecule has 0 bridgehead atoms. The molecule has 0 aromatic rings. The molecule has 0 rings (SSSR count). The van der Waals surface area contributed by atoms with Crippen molar-refractivity contribution in [3.63, 3.8) is 0 Å². The zero-order valence-electron chi connectivity index (χ0n) is 15.1.